The second-order valence-electron chi connectivity index (χ2n) is 8.09. The highest BCUT2D eigenvalue weighted by molar-refractivity contribution is 5.77. The first-order chi connectivity index (χ1) is 9.69. The van der Waals surface area contributed by atoms with E-state index in [2.05, 4.69) is 24.0 Å². The third-order valence-corrected chi connectivity index (χ3v) is 5.17. The highest BCUT2D eigenvalue weighted by Gasteiger charge is 2.62. The summed E-state index contributed by atoms with van der Waals surface area (Å²) in [6, 6.07) is 0. The lowest BCUT2D eigenvalue weighted by atomic mass is 9.96. The van der Waals surface area contributed by atoms with Gasteiger partial charge in [0.1, 0.15) is 0 Å². The molecule has 0 aromatic carbocycles. The minimum atomic E-state index is -0.117. The van der Waals surface area contributed by atoms with Gasteiger partial charge in [0.2, 0.25) is 11.8 Å². The fourth-order valence-corrected chi connectivity index (χ4v) is 3.37. The van der Waals surface area contributed by atoms with E-state index in [-0.39, 0.29) is 11.3 Å². The zero-order valence-corrected chi connectivity index (χ0v) is 13.6. The quantitative estimate of drug-likeness (QED) is 0.858. The van der Waals surface area contributed by atoms with Crippen LogP contribution >= 0.6 is 0 Å². The van der Waals surface area contributed by atoms with Crippen LogP contribution in [0.4, 0.5) is 0 Å². The number of carbonyl (C=O) groups is 1. The molecule has 2 aliphatic rings. The molecule has 2 fully saturated rings. The van der Waals surface area contributed by atoms with Gasteiger partial charge < -0.3 is 9.42 Å². The predicted octanol–water partition coefficient (Wildman–Crippen LogP) is 2.41. The van der Waals surface area contributed by atoms with Crippen LogP contribution in [0.5, 0.6) is 0 Å². The molecule has 0 radical (unpaired) electrons. The number of carbonyl (C=O) groups excluding carboxylic acids is 1. The van der Waals surface area contributed by atoms with E-state index in [0.717, 1.165) is 13.1 Å². The van der Waals surface area contributed by atoms with Crippen LogP contribution in [0.1, 0.15) is 52.8 Å². The van der Waals surface area contributed by atoms with Crippen molar-refractivity contribution in [1.29, 1.82) is 0 Å². The minimum Gasteiger partial charge on any atom is -0.342 e. The number of rotatable bonds is 3. The monoisotopic (exact) mass is 291 g/mol. The van der Waals surface area contributed by atoms with Crippen molar-refractivity contribution in [3.63, 3.8) is 0 Å². The van der Waals surface area contributed by atoms with E-state index < -0.39 is 0 Å². The number of piperidine rings is 1. The Balaban J connectivity index is 1.50. The number of likely N-dealkylation sites (tertiary alicyclic amines) is 1. The van der Waals surface area contributed by atoms with E-state index in [9.17, 15) is 4.79 Å². The summed E-state index contributed by atoms with van der Waals surface area (Å²) in [4.78, 5) is 18.6. The Morgan fingerprint density at radius 1 is 1.33 bits per heavy atom. The number of fused-ring (bicyclic) bond motifs is 1. The van der Waals surface area contributed by atoms with Crippen molar-refractivity contribution in [2.75, 3.05) is 13.1 Å². The third-order valence-electron chi connectivity index (χ3n) is 5.17. The summed E-state index contributed by atoms with van der Waals surface area (Å²) in [5.74, 6) is 2.90. The van der Waals surface area contributed by atoms with Gasteiger partial charge in [-0.2, -0.15) is 4.98 Å². The SMILES string of the molecule is CC(C)(C)c1noc(CCC(=O)N2C[C@H]3[C@H](C2)C3(C)C)n1. The zero-order valence-electron chi connectivity index (χ0n) is 13.6. The fourth-order valence-electron chi connectivity index (χ4n) is 3.37. The van der Waals surface area contributed by atoms with Gasteiger partial charge in [-0.15, -0.1) is 0 Å². The maximum Gasteiger partial charge on any atom is 0.227 e. The maximum absolute atomic E-state index is 12.2. The van der Waals surface area contributed by atoms with Crippen LogP contribution in [-0.2, 0) is 16.6 Å². The van der Waals surface area contributed by atoms with E-state index in [1.54, 1.807) is 0 Å². The van der Waals surface area contributed by atoms with Crippen molar-refractivity contribution in [3.05, 3.63) is 11.7 Å². The molecule has 3 rings (SSSR count). The number of hydrogen-bond donors (Lipinski definition) is 0. The second kappa shape index (κ2) is 4.55. The van der Waals surface area contributed by atoms with Crippen molar-refractivity contribution < 1.29 is 9.32 Å². The molecular weight excluding hydrogens is 266 g/mol. The van der Waals surface area contributed by atoms with Crippen LogP contribution in [0.15, 0.2) is 4.52 Å². The topological polar surface area (TPSA) is 59.2 Å². The van der Waals surface area contributed by atoms with Gasteiger partial charge in [0.15, 0.2) is 5.82 Å². The number of amides is 1. The first kappa shape index (κ1) is 14.5. The molecule has 21 heavy (non-hydrogen) atoms. The lowest BCUT2D eigenvalue weighted by Crippen LogP contribution is -2.33. The van der Waals surface area contributed by atoms with E-state index in [1.807, 2.05) is 25.7 Å². The van der Waals surface area contributed by atoms with Crippen LogP contribution in [0, 0.1) is 17.3 Å². The van der Waals surface area contributed by atoms with Gasteiger partial charge in [-0.3, -0.25) is 4.79 Å². The first-order valence-corrected chi connectivity index (χ1v) is 7.80. The van der Waals surface area contributed by atoms with E-state index in [0.29, 0.717) is 41.8 Å². The molecule has 1 aromatic rings. The number of aryl methyl sites for hydroxylation is 1. The summed E-state index contributed by atoms with van der Waals surface area (Å²) >= 11 is 0. The normalized spacial score (nSPS) is 26.8. The van der Waals surface area contributed by atoms with Gasteiger partial charge in [-0.05, 0) is 17.3 Å². The summed E-state index contributed by atoms with van der Waals surface area (Å²) < 4.78 is 5.24. The van der Waals surface area contributed by atoms with Crippen molar-refractivity contribution in [3.8, 4) is 0 Å². The Morgan fingerprint density at radius 2 is 1.95 bits per heavy atom. The molecule has 116 valence electrons. The zero-order chi connectivity index (χ0) is 15.4. The van der Waals surface area contributed by atoms with E-state index in [1.165, 1.54) is 0 Å². The van der Waals surface area contributed by atoms with Gasteiger partial charge in [0.25, 0.3) is 0 Å². The average Bonchev–Trinajstić information content (AvgIpc) is 2.90. The first-order valence-electron chi connectivity index (χ1n) is 7.80. The molecule has 2 atom stereocenters. The minimum absolute atomic E-state index is 0.117. The Hall–Kier alpha value is -1.39. The Morgan fingerprint density at radius 3 is 2.48 bits per heavy atom. The second-order valence-corrected chi connectivity index (χ2v) is 8.09. The third kappa shape index (κ3) is 2.58. The molecule has 1 amide bonds. The molecule has 0 unspecified atom stereocenters. The molecule has 1 aromatic heterocycles. The number of hydrogen-bond acceptors (Lipinski definition) is 4. The molecule has 5 heteroatoms. The molecule has 0 bridgehead atoms. The summed E-state index contributed by atoms with van der Waals surface area (Å²) in [5, 5.41) is 3.99. The van der Waals surface area contributed by atoms with Gasteiger partial charge in [0.05, 0.1) is 0 Å². The largest absolute Gasteiger partial charge is 0.342 e. The van der Waals surface area contributed by atoms with Crippen molar-refractivity contribution in [2.45, 2.75) is 52.9 Å². The van der Waals surface area contributed by atoms with Crippen molar-refractivity contribution >= 4 is 5.91 Å². The lowest BCUT2D eigenvalue weighted by Gasteiger charge is -2.21. The molecule has 1 saturated heterocycles. The maximum atomic E-state index is 12.2. The molecule has 0 N–H and O–H groups in total. The van der Waals surface area contributed by atoms with Crippen LogP contribution in [0.3, 0.4) is 0 Å². The fraction of sp³-hybridized carbons (Fsp3) is 0.812. The van der Waals surface area contributed by atoms with Crippen LogP contribution in [0.25, 0.3) is 0 Å². The Labute approximate surface area is 126 Å². The highest BCUT2D eigenvalue weighted by atomic mass is 16.5. The smallest absolute Gasteiger partial charge is 0.227 e. The van der Waals surface area contributed by atoms with Crippen LogP contribution in [-0.4, -0.2) is 34.0 Å². The molecule has 2 heterocycles. The molecule has 5 nitrogen and oxygen atoms in total. The summed E-state index contributed by atoms with van der Waals surface area (Å²) in [6.45, 7) is 12.6. The standard InChI is InChI=1S/C16H25N3O2/c1-15(2,3)14-17-12(21-18-14)6-7-13(20)19-8-10-11(9-19)16(10,4)5/h10-11H,6-9H2,1-5H3/t10-,11-/m0/s1. The Kier molecular flexibility index (Phi) is 3.15. The number of aromatic nitrogens is 2. The molecule has 1 saturated carbocycles. The highest BCUT2D eigenvalue weighted by Crippen LogP contribution is 2.61. The van der Waals surface area contributed by atoms with Gasteiger partial charge in [-0.1, -0.05) is 39.8 Å². The summed E-state index contributed by atoms with van der Waals surface area (Å²) in [6.07, 6.45) is 1.00. The summed E-state index contributed by atoms with van der Waals surface area (Å²) in [5.41, 5.74) is 0.332. The average molecular weight is 291 g/mol. The molecular formula is C16H25N3O2. The van der Waals surface area contributed by atoms with Crippen LogP contribution in [0.2, 0.25) is 0 Å². The van der Waals surface area contributed by atoms with E-state index >= 15 is 0 Å². The van der Waals surface area contributed by atoms with Crippen molar-refractivity contribution in [1.82, 2.24) is 15.0 Å². The Bertz CT molecular complexity index is 542. The summed E-state index contributed by atoms with van der Waals surface area (Å²) in [7, 11) is 0. The van der Waals surface area contributed by atoms with Crippen LogP contribution < -0.4 is 0 Å². The molecule has 1 aliphatic carbocycles. The van der Waals surface area contributed by atoms with Gasteiger partial charge in [-0.25, -0.2) is 0 Å². The molecule has 1 aliphatic heterocycles. The van der Waals surface area contributed by atoms with Gasteiger partial charge in [0, 0.05) is 31.3 Å². The van der Waals surface area contributed by atoms with Crippen molar-refractivity contribution in [2.24, 2.45) is 17.3 Å². The predicted molar refractivity (Wildman–Crippen MR) is 78.7 cm³/mol. The van der Waals surface area contributed by atoms with Gasteiger partial charge >= 0.3 is 0 Å². The number of nitrogens with zero attached hydrogens (tertiary/aromatic N) is 3. The molecule has 0 spiro atoms. The van der Waals surface area contributed by atoms with E-state index in [4.69, 9.17) is 4.52 Å². The lowest BCUT2D eigenvalue weighted by molar-refractivity contribution is -0.131.